The number of rotatable bonds is 5. The molecule has 1 unspecified atom stereocenters. The Kier molecular flexibility index (Phi) is 5.51. The highest BCUT2D eigenvalue weighted by Gasteiger charge is 2.19. The lowest BCUT2D eigenvalue weighted by Crippen LogP contribution is -2.44. The number of nitrogens with one attached hydrogen (secondary N) is 1. The Bertz CT molecular complexity index is 447. The summed E-state index contributed by atoms with van der Waals surface area (Å²) in [4.78, 5) is 18.4. The zero-order valence-corrected chi connectivity index (χ0v) is 12.9. The smallest absolute Gasteiger partial charge is 0.234 e. The van der Waals surface area contributed by atoms with Crippen LogP contribution < -0.4 is 5.32 Å². The van der Waals surface area contributed by atoms with Gasteiger partial charge in [0.1, 0.15) is 0 Å². The summed E-state index contributed by atoms with van der Waals surface area (Å²) >= 11 is 1.64. The number of aliphatic hydroxyl groups excluding tert-OH is 1. The Morgan fingerprint density at radius 2 is 2.45 bits per heavy atom. The van der Waals surface area contributed by atoms with Gasteiger partial charge in [-0.25, -0.2) is 4.98 Å². The molecule has 112 valence electrons. The number of aliphatic hydroxyl groups is 1. The fourth-order valence-electron chi connectivity index (χ4n) is 2.29. The lowest BCUT2D eigenvalue weighted by atomic mass is 10.1. The molecule has 1 amide bonds. The molecule has 1 aromatic rings. The molecule has 0 bridgehead atoms. The van der Waals surface area contributed by atoms with Crippen LogP contribution in [0.1, 0.15) is 43.3 Å². The van der Waals surface area contributed by atoms with Crippen LogP contribution in [0.25, 0.3) is 0 Å². The average molecular weight is 297 g/mol. The van der Waals surface area contributed by atoms with Gasteiger partial charge in [-0.1, -0.05) is 13.8 Å². The van der Waals surface area contributed by atoms with Crippen molar-refractivity contribution in [1.82, 2.24) is 15.2 Å². The normalized spacial score (nSPS) is 20.3. The van der Waals surface area contributed by atoms with E-state index in [9.17, 15) is 9.90 Å². The number of piperidine rings is 1. The molecule has 0 radical (unpaired) electrons. The minimum atomic E-state index is -0.288. The molecule has 0 aliphatic carbocycles. The standard InChI is InChI=1S/C14H23N3O2S/c1-10(2)14-16-11(9-20-14)6-15-13(19)8-17-5-3-4-12(18)7-17/h9-10,12,18H,3-8H2,1-2H3,(H,15,19). The molecule has 1 atom stereocenters. The van der Waals surface area contributed by atoms with E-state index < -0.39 is 0 Å². The number of aromatic nitrogens is 1. The van der Waals surface area contributed by atoms with Crippen LogP contribution in [0.5, 0.6) is 0 Å². The first-order valence-electron chi connectivity index (χ1n) is 7.16. The number of amides is 1. The van der Waals surface area contributed by atoms with Gasteiger partial charge in [0, 0.05) is 17.8 Å². The van der Waals surface area contributed by atoms with E-state index in [-0.39, 0.29) is 12.0 Å². The zero-order chi connectivity index (χ0) is 14.5. The molecule has 1 fully saturated rings. The topological polar surface area (TPSA) is 65.5 Å². The predicted octanol–water partition coefficient (Wildman–Crippen LogP) is 1.34. The summed E-state index contributed by atoms with van der Waals surface area (Å²) in [6, 6.07) is 0. The van der Waals surface area contributed by atoms with E-state index >= 15 is 0 Å². The van der Waals surface area contributed by atoms with Gasteiger partial charge in [-0.3, -0.25) is 9.69 Å². The van der Waals surface area contributed by atoms with E-state index in [0.717, 1.165) is 30.1 Å². The SMILES string of the molecule is CC(C)c1nc(CNC(=O)CN2CCCC(O)C2)cs1. The van der Waals surface area contributed by atoms with Gasteiger partial charge in [-0.15, -0.1) is 11.3 Å². The summed E-state index contributed by atoms with van der Waals surface area (Å²) in [5.74, 6) is 0.428. The molecule has 2 N–H and O–H groups in total. The maximum absolute atomic E-state index is 11.9. The lowest BCUT2D eigenvalue weighted by Gasteiger charge is -2.29. The molecule has 5 nitrogen and oxygen atoms in total. The van der Waals surface area contributed by atoms with Crippen molar-refractivity contribution in [3.8, 4) is 0 Å². The highest BCUT2D eigenvalue weighted by molar-refractivity contribution is 7.09. The van der Waals surface area contributed by atoms with Gasteiger partial charge in [0.05, 0.1) is 29.9 Å². The average Bonchev–Trinajstić information content (AvgIpc) is 2.85. The van der Waals surface area contributed by atoms with Crippen molar-refractivity contribution in [3.05, 3.63) is 16.1 Å². The second-order valence-electron chi connectivity index (χ2n) is 5.64. The van der Waals surface area contributed by atoms with E-state index in [1.165, 1.54) is 0 Å². The maximum Gasteiger partial charge on any atom is 0.234 e. The maximum atomic E-state index is 11.9. The Hall–Kier alpha value is -0.980. The van der Waals surface area contributed by atoms with Crippen LogP contribution in [-0.4, -0.2) is 46.6 Å². The van der Waals surface area contributed by atoms with Crippen molar-refractivity contribution in [3.63, 3.8) is 0 Å². The highest BCUT2D eigenvalue weighted by atomic mass is 32.1. The van der Waals surface area contributed by atoms with Gasteiger partial charge < -0.3 is 10.4 Å². The van der Waals surface area contributed by atoms with Gasteiger partial charge in [0.15, 0.2) is 0 Å². The zero-order valence-electron chi connectivity index (χ0n) is 12.1. The number of carbonyl (C=O) groups excluding carboxylic acids is 1. The summed E-state index contributed by atoms with van der Waals surface area (Å²) in [5.41, 5.74) is 0.922. The fourth-order valence-corrected chi connectivity index (χ4v) is 3.13. The number of thiazole rings is 1. The van der Waals surface area contributed by atoms with Crippen LogP contribution in [-0.2, 0) is 11.3 Å². The van der Waals surface area contributed by atoms with Crippen LogP contribution in [0.15, 0.2) is 5.38 Å². The van der Waals surface area contributed by atoms with E-state index in [2.05, 4.69) is 24.1 Å². The molecule has 0 saturated carbocycles. The van der Waals surface area contributed by atoms with Crippen molar-refractivity contribution in [2.75, 3.05) is 19.6 Å². The summed E-state index contributed by atoms with van der Waals surface area (Å²) in [5, 5.41) is 15.6. The molecule has 2 rings (SSSR count). The highest BCUT2D eigenvalue weighted by Crippen LogP contribution is 2.18. The molecular weight excluding hydrogens is 274 g/mol. The third-order valence-corrected chi connectivity index (χ3v) is 4.57. The van der Waals surface area contributed by atoms with Crippen LogP contribution >= 0.6 is 11.3 Å². The van der Waals surface area contributed by atoms with E-state index in [1.807, 2.05) is 10.3 Å². The van der Waals surface area contributed by atoms with E-state index in [0.29, 0.717) is 25.6 Å². The molecule has 6 heteroatoms. The molecular formula is C14H23N3O2S. The molecule has 1 aliphatic rings. The van der Waals surface area contributed by atoms with Crippen molar-refractivity contribution >= 4 is 17.2 Å². The Morgan fingerprint density at radius 1 is 1.65 bits per heavy atom. The van der Waals surface area contributed by atoms with Gasteiger partial charge in [-0.2, -0.15) is 0 Å². The second-order valence-corrected chi connectivity index (χ2v) is 6.53. The summed E-state index contributed by atoms with van der Waals surface area (Å²) in [6.07, 6.45) is 1.51. The molecule has 1 aromatic heterocycles. The Labute approximate surface area is 124 Å². The van der Waals surface area contributed by atoms with Crippen molar-refractivity contribution in [1.29, 1.82) is 0 Å². The Balaban J connectivity index is 1.74. The first-order chi connectivity index (χ1) is 9.54. The van der Waals surface area contributed by atoms with Crippen molar-refractivity contribution in [2.45, 2.75) is 45.3 Å². The number of likely N-dealkylation sites (tertiary alicyclic amines) is 1. The van der Waals surface area contributed by atoms with Gasteiger partial charge >= 0.3 is 0 Å². The monoisotopic (exact) mass is 297 g/mol. The van der Waals surface area contributed by atoms with Gasteiger partial charge in [-0.05, 0) is 19.4 Å². The summed E-state index contributed by atoms with van der Waals surface area (Å²) in [7, 11) is 0. The third-order valence-electron chi connectivity index (χ3n) is 3.38. The molecule has 1 saturated heterocycles. The predicted molar refractivity (Wildman–Crippen MR) is 79.7 cm³/mol. The van der Waals surface area contributed by atoms with E-state index in [1.54, 1.807) is 11.3 Å². The van der Waals surface area contributed by atoms with Crippen molar-refractivity contribution < 1.29 is 9.90 Å². The number of hydrogen-bond donors (Lipinski definition) is 2. The fraction of sp³-hybridized carbons (Fsp3) is 0.714. The summed E-state index contributed by atoms with van der Waals surface area (Å²) in [6.45, 7) is 6.56. The van der Waals surface area contributed by atoms with Gasteiger partial charge in [0.25, 0.3) is 0 Å². The first kappa shape index (κ1) is 15.4. The van der Waals surface area contributed by atoms with Crippen LogP contribution in [0, 0.1) is 0 Å². The number of hydrogen-bond acceptors (Lipinski definition) is 5. The van der Waals surface area contributed by atoms with Crippen LogP contribution in [0.3, 0.4) is 0 Å². The number of β-amino-alcohol motifs (C(OH)–C–C–N with tert-alkyl or cyclic N) is 1. The quantitative estimate of drug-likeness (QED) is 0.861. The van der Waals surface area contributed by atoms with Gasteiger partial charge in [0.2, 0.25) is 5.91 Å². The molecule has 0 spiro atoms. The van der Waals surface area contributed by atoms with Crippen LogP contribution in [0.4, 0.5) is 0 Å². The first-order valence-corrected chi connectivity index (χ1v) is 8.04. The molecule has 20 heavy (non-hydrogen) atoms. The lowest BCUT2D eigenvalue weighted by molar-refractivity contribution is -0.123. The molecule has 1 aliphatic heterocycles. The number of nitrogens with zero attached hydrogens (tertiary/aromatic N) is 2. The molecule has 0 aromatic carbocycles. The second kappa shape index (κ2) is 7.15. The molecule has 2 heterocycles. The minimum absolute atomic E-state index is 0.00167. The van der Waals surface area contributed by atoms with Crippen molar-refractivity contribution in [2.24, 2.45) is 0 Å². The Morgan fingerprint density at radius 3 is 3.10 bits per heavy atom. The van der Waals surface area contributed by atoms with Crippen LogP contribution in [0.2, 0.25) is 0 Å². The number of carbonyl (C=O) groups is 1. The largest absolute Gasteiger partial charge is 0.392 e. The van der Waals surface area contributed by atoms with E-state index in [4.69, 9.17) is 0 Å². The minimum Gasteiger partial charge on any atom is -0.392 e. The summed E-state index contributed by atoms with van der Waals surface area (Å²) < 4.78 is 0. The third kappa shape index (κ3) is 4.54.